The second-order valence-corrected chi connectivity index (χ2v) is 7.08. The van der Waals surface area contributed by atoms with Gasteiger partial charge in [0.1, 0.15) is 5.69 Å². The van der Waals surface area contributed by atoms with E-state index in [2.05, 4.69) is 19.9 Å². The molecule has 3 N–H and O–H groups in total. The number of nitrogens with one attached hydrogen (secondary N) is 1. The Morgan fingerprint density at radius 3 is 2.56 bits per heavy atom. The van der Waals surface area contributed by atoms with Crippen molar-refractivity contribution < 1.29 is 27.4 Å². The number of primary amides is 1. The van der Waals surface area contributed by atoms with Gasteiger partial charge in [0, 0.05) is 24.7 Å². The lowest BCUT2D eigenvalue weighted by Gasteiger charge is -2.18. The van der Waals surface area contributed by atoms with Crippen LogP contribution in [0.1, 0.15) is 21.6 Å². The van der Waals surface area contributed by atoms with Crippen molar-refractivity contribution >= 4 is 16.8 Å². The topological polar surface area (TPSA) is 133 Å². The fourth-order valence-corrected chi connectivity index (χ4v) is 3.49. The molecule has 0 saturated heterocycles. The first kappa shape index (κ1) is 22.7. The Labute approximate surface area is 189 Å². The van der Waals surface area contributed by atoms with Crippen molar-refractivity contribution in [2.24, 2.45) is 5.73 Å². The number of H-pyrrole nitrogens is 1. The number of rotatable bonds is 5. The highest BCUT2D eigenvalue weighted by Crippen LogP contribution is 2.41. The van der Waals surface area contributed by atoms with Gasteiger partial charge in [0.25, 0.3) is 11.8 Å². The van der Waals surface area contributed by atoms with Gasteiger partial charge in [0.2, 0.25) is 5.88 Å². The van der Waals surface area contributed by atoms with Gasteiger partial charge in [0.15, 0.2) is 11.2 Å². The summed E-state index contributed by atoms with van der Waals surface area (Å²) in [6.07, 6.45) is -1.37. The first-order chi connectivity index (χ1) is 16.1. The number of hydrogen-bond acceptors (Lipinski definition) is 7. The minimum absolute atomic E-state index is 0.0203. The second kappa shape index (κ2) is 8.46. The Kier molecular flexibility index (Phi) is 5.65. The van der Waals surface area contributed by atoms with Crippen LogP contribution in [0.4, 0.5) is 13.2 Å². The molecule has 4 aromatic rings. The molecule has 4 heterocycles. The maximum Gasteiger partial charge on any atom is 0.418 e. The molecule has 0 aromatic carbocycles. The smallest absolute Gasteiger partial charge is 0.418 e. The average molecular weight is 471 g/mol. The molecule has 1 amide bonds. The first-order valence-electron chi connectivity index (χ1n) is 9.67. The number of methoxy groups -OCH3 is 1. The van der Waals surface area contributed by atoms with E-state index in [0.29, 0.717) is 6.20 Å². The molecule has 4 aromatic heterocycles. The summed E-state index contributed by atoms with van der Waals surface area (Å²) in [5.41, 5.74) is 3.13. The number of ether oxygens (including phenoxy) is 2. The van der Waals surface area contributed by atoms with Gasteiger partial charge in [-0.05, 0) is 30.7 Å². The highest BCUT2D eigenvalue weighted by Gasteiger charge is 2.35. The van der Waals surface area contributed by atoms with Crippen molar-refractivity contribution in [3.05, 3.63) is 69.9 Å². The van der Waals surface area contributed by atoms with Crippen molar-refractivity contribution in [2.75, 3.05) is 7.11 Å². The molecule has 0 bridgehead atoms. The third-order valence-electron chi connectivity index (χ3n) is 4.99. The zero-order chi connectivity index (χ0) is 24.6. The molecule has 0 unspecified atom stereocenters. The average Bonchev–Trinajstić information content (AvgIpc) is 2.78. The van der Waals surface area contributed by atoms with Crippen LogP contribution in [0, 0.1) is 6.92 Å². The fraction of sp³-hybridized carbons (Fsp3) is 0.136. The Balaban J connectivity index is 2.00. The van der Waals surface area contributed by atoms with Crippen LogP contribution in [0.25, 0.3) is 22.2 Å². The van der Waals surface area contributed by atoms with E-state index in [1.807, 2.05) is 0 Å². The lowest BCUT2D eigenvalue weighted by Crippen LogP contribution is -2.18. The largest absolute Gasteiger partial charge is 0.478 e. The minimum atomic E-state index is -4.71. The second-order valence-electron chi connectivity index (χ2n) is 7.08. The number of fused-ring (bicyclic) bond motifs is 1. The number of pyridine rings is 4. The molecular weight excluding hydrogens is 455 g/mol. The summed E-state index contributed by atoms with van der Waals surface area (Å²) in [6, 6.07) is 5.48. The third kappa shape index (κ3) is 4.00. The van der Waals surface area contributed by atoms with Gasteiger partial charge in [-0.1, -0.05) is 0 Å². The zero-order valence-corrected chi connectivity index (χ0v) is 17.7. The molecule has 0 saturated carbocycles. The number of aromatic nitrogens is 4. The summed E-state index contributed by atoms with van der Waals surface area (Å²) in [5, 5.41) is -0.0901. The molecule has 0 aliphatic carbocycles. The van der Waals surface area contributed by atoms with Crippen LogP contribution < -0.4 is 20.6 Å². The van der Waals surface area contributed by atoms with Crippen molar-refractivity contribution in [2.45, 2.75) is 13.1 Å². The maximum atomic E-state index is 13.7. The minimum Gasteiger partial charge on any atom is -0.478 e. The number of alkyl halides is 3. The Hall–Kier alpha value is -4.48. The van der Waals surface area contributed by atoms with Gasteiger partial charge in [-0.15, -0.1) is 0 Å². The molecule has 0 aliphatic rings. The predicted molar refractivity (Wildman–Crippen MR) is 115 cm³/mol. The van der Waals surface area contributed by atoms with Crippen LogP contribution in [0.3, 0.4) is 0 Å². The van der Waals surface area contributed by atoms with E-state index >= 15 is 0 Å². The SMILES string of the molecule is COc1ncccc1Oc1ncc(C(F)(F)F)c(C)c1-c1cc(=O)c2c(C(N)=O)nccc2[nH]1. The van der Waals surface area contributed by atoms with Crippen molar-refractivity contribution in [1.82, 2.24) is 19.9 Å². The van der Waals surface area contributed by atoms with Gasteiger partial charge in [-0.2, -0.15) is 13.2 Å². The number of nitrogens with two attached hydrogens (primary N) is 1. The van der Waals surface area contributed by atoms with Crippen LogP contribution in [-0.4, -0.2) is 33.0 Å². The van der Waals surface area contributed by atoms with Crippen molar-refractivity contribution in [3.8, 4) is 28.8 Å². The molecule has 0 atom stereocenters. The van der Waals surface area contributed by atoms with E-state index in [9.17, 15) is 22.8 Å². The number of nitrogens with zero attached hydrogens (tertiary/aromatic N) is 3. The molecule has 174 valence electrons. The molecule has 9 nitrogen and oxygen atoms in total. The van der Waals surface area contributed by atoms with Gasteiger partial charge in [-0.25, -0.2) is 9.97 Å². The number of hydrogen-bond donors (Lipinski definition) is 2. The Bertz CT molecular complexity index is 1480. The van der Waals surface area contributed by atoms with Crippen molar-refractivity contribution in [1.29, 1.82) is 0 Å². The van der Waals surface area contributed by atoms with Crippen LogP contribution in [0.15, 0.2) is 47.7 Å². The summed E-state index contributed by atoms with van der Waals surface area (Å²) in [5.74, 6) is -0.970. The molecule has 12 heteroatoms. The van der Waals surface area contributed by atoms with Crippen molar-refractivity contribution in [3.63, 3.8) is 0 Å². The molecule has 34 heavy (non-hydrogen) atoms. The number of carbonyl (C=O) groups excluding carboxylic acids is 1. The number of aromatic amines is 1. The van der Waals surface area contributed by atoms with Crippen LogP contribution in [0.2, 0.25) is 0 Å². The van der Waals surface area contributed by atoms with Gasteiger partial charge >= 0.3 is 6.18 Å². The predicted octanol–water partition coefficient (Wildman–Crippen LogP) is 3.61. The number of carbonyl (C=O) groups is 1. The van der Waals surface area contributed by atoms with Crippen LogP contribution in [0.5, 0.6) is 17.5 Å². The molecule has 0 radical (unpaired) electrons. The lowest BCUT2D eigenvalue weighted by atomic mass is 10.0. The van der Waals surface area contributed by atoms with E-state index < -0.39 is 23.1 Å². The molecule has 0 fully saturated rings. The van der Waals surface area contributed by atoms with Crippen LogP contribution >= 0.6 is 0 Å². The summed E-state index contributed by atoms with van der Waals surface area (Å²) in [6.45, 7) is 1.23. The lowest BCUT2D eigenvalue weighted by molar-refractivity contribution is -0.138. The number of halogens is 3. The van der Waals surface area contributed by atoms with E-state index in [0.717, 1.165) is 6.07 Å². The zero-order valence-electron chi connectivity index (χ0n) is 17.7. The standard InChI is InChI=1S/C22H16F3N5O4/c1-10-11(22(23,24)25)9-29-21(34-15-4-3-6-28-20(15)33-2)16(10)13-8-14(31)17-12(30-13)5-7-27-18(17)19(26)32/h3-9H,1-2H3,(H2,26,32)(H,30,31). The molecule has 0 spiro atoms. The maximum absolute atomic E-state index is 13.7. The molecular formula is C22H16F3N5O4. The van der Waals surface area contributed by atoms with Gasteiger partial charge in [0.05, 0.1) is 34.8 Å². The first-order valence-corrected chi connectivity index (χ1v) is 9.67. The summed E-state index contributed by atoms with van der Waals surface area (Å²) < 4.78 is 51.9. The molecule has 0 aliphatic heterocycles. The summed E-state index contributed by atoms with van der Waals surface area (Å²) >= 11 is 0. The van der Waals surface area contributed by atoms with E-state index in [-0.39, 0.29) is 50.9 Å². The van der Waals surface area contributed by atoms with Gasteiger partial charge in [-0.3, -0.25) is 14.6 Å². The number of amides is 1. The third-order valence-corrected chi connectivity index (χ3v) is 4.99. The quantitative estimate of drug-likeness (QED) is 0.454. The van der Waals surface area contributed by atoms with E-state index in [4.69, 9.17) is 15.2 Å². The Morgan fingerprint density at radius 2 is 1.88 bits per heavy atom. The highest BCUT2D eigenvalue weighted by molar-refractivity contribution is 6.03. The van der Waals surface area contributed by atoms with Gasteiger partial charge < -0.3 is 20.2 Å². The highest BCUT2D eigenvalue weighted by atomic mass is 19.4. The molecule has 4 rings (SSSR count). The normalized spacial score (nSPS) is 11.4. The van der Waals surface area contributed by atoms with E-state index in [1.54, 1.807) is 6.07 Å². The van der Waals surface area contributed by atoms with E-state index in [1.165, 1.54) is 38.6 Å². The Morgan fingerprint density at radius 1 is 1.12 bits per heavy atom. The van der Waals surface area contributed by atoms with Crippen LogP contribution in [-0.2, 0) is 6.18 Å². The monoisotopic (exact) mass is 471 g/mol. The summed E-state index contributed by atoms with van der Waals surface area (Å²) in [4.78, 5) is 39.1. The fourth-order valence-electron chi connectivity index (χ4n) is 3.49. The summed E-state index contributed by atoms with van der Waals surface area (Å²) in [7, 11) is 1.35.